The lowest BCUT2D eigenvalue weighted by Gasteiger charge is -2.03. The van der Waals surface area contributed by atoms with Gasteiger partial charge in [0.05, 0.1) is 11.9 Å². The molecular formula is C9H11BrN2OS. The summed E-state index contributed by atoms with van der Waals surface area (Å²) in [6.07, 6.45) is 4.15. The Morgan fingerprint density at radius 2 is 2.43 bits per heavy atom. The van der Waals surface area contributed by atoms with E-state index in [1.54, 1.807) is 24.0 Å². The van der Waals surface area contributed by atoms with Crippen LogP contribution in [0, 0.1) is 0 Å². The van der Waals surface area contributed by atoms with E-state index in [0.29, 0.717) is 6.42 Å². The summed E-state index contributed by atoms with van der Waals surface area (Å²) >= 11 is 4.89. The number of hydrogen-bond donors (Lipinski definition) is 1. The van der Waals surface area contributed by atoms with Crippen LogP contribution in [0.3, 0.4) is 0 Å². The molecular weight excluding hydrogens is 264 g/mol. The van der Waals surface area contributed by atoms with E-state index in [-0.39, 0.29) is 5.91 Å². The molecule has 0 aromatic carbocycles. The van der Waals surface area contributed by atoms with Crippen LogP contribution in [-0.4, -0.2) is 22.9 Å². The Bertz CT molecular complexity index is 302. The minimum atomic E-state index is 0.0310. The predicted molar refractivity (Wildman–Crippen MR) is 63.6 cm³/mol. The molecule has 0 spiro atoms. The van der Waals surface area contributed by atoms with Crippen LogP contribution in [0.2, 0.25) is 0 Å². The molecule has 1 heterocycles. The van der Waals surface area contributed by atoms with E-state index in [1.807, 2.05) is 12.3 Å². The molecule has 0 saturated carbocycles. The van der Waals surface area contributed by atoms with Crippen LogP contribution < -0.4 is 5.32 Å². The number of aromatic nitrogens is 1. The highest BCUT2D eigenvalue weighted by Crippen LogP contribution is 2.10. The van der Waals surface area contributed by atoms with Crippen molar-refractivity contribution in [2.75, 3.05) is 17.3 Å². The number of hydrogen-bond acceptors (Lipinski definition) is 3. The summed E-state index contributed by atoms with van der Waals surface area (Å²) in [5.74, 6) is 0.874. The molecule has 1 N–H and O–H groups in total. The summed E-state index contributed by atoms with van der Waals surface area (Å²) in [6.45, 7) is 0. The summed E-state index contributed by atoms with van der Waals surface area (Å²) in [7, 11) is 0. The Hall–Kier alpha value is -0.550. The van der Waals surface area contributed by atoms with Gasteiger partial charge in [0, 0.05) is 12.2 Å². The molecule has 1 aromatic heterocycles. The highest BCUT2D eigenvalue weighted by Gasteiger charge is 2.01. The largest absolute Gasteiger partial charge is 0.325 e. The van der Waals surface area contributed by atoms with Crippen molar-refractivity contribution in [3.8, 4) is 0 Å². The zero-order valence-electron chi connectivity index (χ0n) is 7.79. The predicted octanol–water partition coefficient (Wildman–Crippen LogP) is 2.54. The number of anilines is 1. The lowest BCUT2D eigenvalue weighted by molar-refractivity contribution is -0.115. The van der Waals surface area contributed by atoms with Crippen LogP contribution in [0.1, 0.15) is 6.42 Å². The molecule has 14 heavy (non-hydrogen) atoms. The standard InChI is InChI=1S/C9H11BrN2OS/c1-14-5-4-9(13)12-7-2-3-8(10)11-6-7/h2-3,6H,4-5H2,1H3,(H,12,13). The summed E-state index contributed by atoms with van der Waals surface area (Å²) in [4.78, 5) is 15.3. The van der Waals surface area contributed by atoms with Gasteiger partial charge in [0.1, 0.15) is 4.60 Å². The van der Waals surface area contributed by atoms with E-state index < -0.39 is 0 Å². The third-order valence-electron chi connectivity index (χ3n) is 1.54. The number of amides is 1. The molecule has 5 heteroatoms. The molecule has 0 aliphatic rings. The topological polar surface area (TPSA) is 42.0 Å². The van der Waals surface area contributed by atoms with Gasteiger partial charge in [-0.1, -0.05) is 0 Å². The molecule has 0 atom stereocenters. The second-order valence-electron chi connectivity index (χ2n) is 2.66. The molecule has 0 bridgehead atoms. The van der Waals surface area contributed by atoms with Crippen molar-refractivity contribution in [1.82, 2.24) is 4.98 Å². The highest BCUT2D eigenvalue weighted by atomic mass is 79.9. The minimum absolute atomic E-state index is 0.0310. The Morgan fingerprint density at radius 3 is 3.00 bits per heavy atom. The number of thioether (sulfide) groups is 1. The van der Waals surface area contributed by atoms with E-state index in [9.17, 15) is 4.79 Å². The van der Waals surface area contributed by atoms with Crippen molar-refractivity contribution >= 4 is 39.3 Å². The Balaban J connectivity index is 2.44. The zero-order valence-corrected chi connectivity index (χ0v) is 10.2. The quantitative estimate of drug-likeness (QED) is 0.858. The Morgan fingerprint density at radius 1 is 1.64 bits per heavy atom. The summed E-state index contributed by atoms with van der Waals surface area (Å²) in [6, 6.07) is 3.61. The van der Waals surface area contributed by atoms with Gasteiger partial charge in [0.15, 0.2) is 0 Å². The van der Waals surface area contributed by atoms with Crippen molar-refractivity contribution < 1.29 is 4.79 Å². The van der Waals surface area contributed by atoms with Crippen LogP contribution in [-0.2, 0) is 4.79 Å². The van der Waals surface area contributed by atoms with Gasteiger partial charge in [0.25, 0.3) is 0 Å². The SMILES string of the molecule is CSCCC(=O)Nc1ccc(Br)nc1. The van der Waals surface area contributed by atoms with Crippen LogP contribution in [0.15, 0.2) is 22.9 Å². The number of carbonyl (C=O) groups is 1. The molecule has 1 aromatic rings. The monoisotopic (exact) mass is 274 g/mol. The molecule has 0 saturated heterocycles. The van der Waals surface area contributed by atoms with Crippen molar-refractivity contribution in [3.05, 3.63) is 22.9 Å². The van der Waals surface area contributed by atoms with E-state index >= 15 is 0 Å². The number of nitrogens with zero attached hydrogens (tertiary/aromatic N) is 1. The van der Waals surface area contributed by atoms with E-state index in [1.165, 1.54) is 0 Å². The third-order valence-corrected chi connectivity index (χ3v) is 2.63. The van der Waals surface area contributed by atoms with Crippen LogP contribution in [0.4, 0.5) is 5.69 Å². The van der Waals surface area contributed by atoms with Gasteiger partial charge in [-0.3, -0.25) is 4.79 Å². The molecule has 0 aliphatic heterocycles. The maximum Gasteiger partial charge on any atom is 0.225 e. The smallest absolute Gasteiger partial charge is 0.225 e. The first kappa shape index (κ1) is 11.5. The number of carbonyl (C=O) groups excluding carboxylic acids is 1. The first-order valence-electron chi connectivity index (χ1n) is 4.12. The summed E-state index contributed by atoms with van der Waals surface area (Å²) in [5.41, 5.74) is 0.735. The average molecular weight is 275 g/mol. The Kier molecular flexibility index (Phi) is 4.97. The highest BCUT2D eigenvalue weighted by molar-refractivity contribution is 9.10. The average Bonchev–Trinajstić information content (AvgIpc) is 2.18. The van der Waals surface area contributed by atoms with Gasteiger partial charge in [-0.25, -0.2) is 4.98 Å². The van der Waals surface area contributed by atoms with Gasteiger partial charge >= 0.3 is 0 Å². The molecule has 0 radical (unpaired) electrons. The van der Waals surface area contributed by atoms with Gasteiger partial charge in [-0.15, -0.1) is 0 Å². The maximum absolute atomic E-state index is 11.3. The van der Waals surface area contributed by atoms with E-state index in [2.05, 4.69) is 26.2 Å². The molecule has 0 aliphatic carbocycles. The number of halogens is 1. The van der Waals surface area contributed by atoms with Crippen LogP contribution >= 0.6 is 27.7 Å². The normalized spacial score (nSPS) is 9.86. The van der Waals surface area contributed by atoms with Crippen molar-refractivity contribution in [1.29, 1.82) is 0 Å². The van der Waals surface area contributed by atoms with Crippen molar-refractivity contribution in [2.24, 2.45) is 0 Å². The molecule has 1 rings (SSSR count). The number of nitrogens with one attached hydrogen (secondary N) is 1. The van der Waals surface area contributed by atoms with Crippen molar-refractivity contribution in [3.63, 3.8) is 0 Å². The van der Waals surface area contributed by atoms with E-state index in [4.69, 9.17) is 0 Å². The first-order valence-corrected chi connectivity index (χ1v) is 6.31. The van der Waals surface area contributed by atoms with E-state index in [0.717, 1.165) is 16.0 Å². The Labute approximate surface area is 95.8 Å². The zero-order chi connectivity index (χ0) is 10.4. The fourth-order valence-electron chi connectivity index (χ4n) is 0.868. The lowest BCUT2D eigenvalue weighted by Crippen LogP contribution is -2.12. The van der Waals surface area contributed by atoms with Gasteiger partial charge in [-0.2, -0.15) is 11.8 Å². The summed E-state index contributed by atoms with van der Waals surface area (Å²) < 4.78 is 0.764. The third kappa shape index (κ3) is 4.11. The first-order chi connectivity index (χ1) is 6.72. The molecule has 0 fully saturated rings. The summed E-state index contributed by atoms with van der Waals surface area (Å²) in [5, 5.41) is 2.77. The van der Waals surface area contributed by atoms with Crippen molar-refractivity contribution in [2.45, 2.75) is 6.42 Å². The second kappa shape index (κ2) is 6.03. The molecule has 3 nitrogen and oxygen atoms in total. The second-order valence-corrected chi connectivity index (χ2v) is 4.46. The maximum atomic E-state index is 11.3. The van der Waals surface area contributed by atoms with Gasteiger partial charge in [-0.05, 0) is 34.3 Å². The molecule has 1 amide bonds. The van der Waals surface area contributed by atoms with Crippen LogP contribution in [0.5, 0.6) is 0 Å². The fourth-order valence-corrected chi connectivity index (χ4v) is 1.49. The number of pyridine rings is 1. The van der Waals surface area contributed by atoms with Gasteiger partial charge in [0.2, 0.25) is 5.91 Å². The minimum Gasteiger partial charge on any atom is -0.325 e. The lowest BCUT2D eigenvalue weighted by atomic mass is 10.4. The molecule has 0 unspecified atom stereocenters. The number of rotatable bonds is 4. The van der Waals surface area contributed by atoms with Crippen LogP contribution in [0.25, 0.3) is 0 Å². The fraction of sp³-hybridized carbons (Fsp3) is 0.333. The van der Waals surface area contributed by atoms with Gasteiger partial charge < -0.3 is 5.32 Å². The molecule has 76 valence electrons.